The minimum atomic E-state index is 0.269. The second-order valence-corrected chi connectivity index (χ2v) is 8.35. The first kappa shape index (κ1) is 23.1. The van der Waals surface area contributed by atoms with E-state index in [0.717, 1.165) is 33.6 Å². The summed E-state index contributed by atoms with van der Waals surface area (Å²) in [6.45, 7) is 2.06. The summed E-state index contributed by atoms with van der Waals surface area (Å²) in [7, 11) is 3.24. The Hall–Kier alpha value is -4.64. The maximum Gasteiger partial charge on any atom is 0.323 e. The predicted octanol–water partition coefficient (Wildman–Crippen LogP) is 7.60. The second kappa shape index (κ2) is 10.3. The Balaban J connectivity index is 1.53. The molecule has 0 amide bonds. The van der Waals surface area contributed by atoms with Gasteiger partial charge in [-0.25, -0.2) is 0 Å². The van der Waals surface area contributed by atoms with E-state index in [1.165, 1.54) is 5.56 Å². The van der Waals surface area contributed by atoms with Gasteiger partial charge in [0.1, 0.15) is 5.75 Å². The fraction of sp³-hybridized carbons (Fsp3) is 0.0968. The quantitative estimate of drug-likeness (QED) is 0.243. The highest BCUT2D eigenvalue weighted by Gasteiger charge is 2.13. The van der Waals surface area contributed by atoms with Crippen LogP contribution < -0.4 is 14.2 Å². The first-order valence-electron chi connectivity index (χ1n) is 11.6. The number of aryl methyl sites for hydroxylation is 1. The molecule has 0 aliphatic rings. The SMILES string of the molecule is COc1ccc(-c2cc(-c3ccc(C)cc3)nc(Oc3ccc(-c4ccccc4)cc3)n2)cc1OC. The number of benzene rings is 4. The molecule has 0 unspecified atom stereocenters. The molecule has 0 fully saturated rings. The number of aromatic nitrogens is 2. The lowest BCUT2D eigenvalue weighted by Crippen LogP contribution is -1.98. The molecule has 0 saturated heterocycles. The summed E-state index contributed by atoms with van der Waals surface area (Å²) in [5.74, 6) is 1.95. The smallest absolute Gasteiger partial charge is 0.323 e. The summed E-state index contributed by atoms with van der Waals surface area (Å²) in [5, 5.41) is 0. The van der Waals surface area contributed by atoms with Crippen molar-refractivity contribution in [1.29, 1.82) is 0 Å². The summed E-state index contributed by atoms with van der Waals surface area (Å²) < 4.78 is 17.0. The van der Waals surface area contributed by atoms with Crippen LogP contribution in [0.2, 0.25) is 0 Å². The van der Waals surface area contributed by atoms with Gasteiger partial charge in [-0.1, -0.05) is 72.3 Å². The van der Waals surface area contributed by atoms with Gasteiger partial charge in [0.15, 0.2) is 11.5 Å². The van der Waals surface area contributed by atoms with Crippen molar-refractivity contribution in [3.8, 4) is 56.9 Å². The number of hydrogen-bond donors (Lipinski definition) is 0. The number of ether oxygens (including phenoxy) is 3. The van der Waals surface area contributed by atoms with Crippen LogP contribution in [0, 0.1) is 6.92 Å². The molecular weight excluding hydrogens is 448 g/mol. The molecule has 36 heavy (non-hydrogen) atoms. The van der Waals surface area contributed by atoms with E-state index in [-0.39, 0.29) is 6.01 Å². The highest BCUT2D eigenvalue weighted by molar-refractivity contribution is 5.70. The average Bonchev–Trinajstić information content (AvgIpc) is 2.93. The molecule has 0 N–H and O–H groups in total. The van der Waals surface area contributed by atoms with Gasteiger partial charge in [0.05, 0.1) is 25.6 Å². The Bertz CT molecular complexity index is 1460. The lowest BCUT2D eigenvalue weighted by Gasteiger charge is -2.12. The largest absolute Gasteiger partial charge is 0.493 e. The summed E-state index contributed by atoms with van der Waals surface area (Å²) in [6, 6.07) is 34.3. The molecule has 0 aliphatic carbocycles. The van der Waals surface area contributed by atoms with E-state index in [1.54, 1.807) is 14.2 Å². The Kier molecular flexibility index (Phi) is 6.63. The zero-order valence-corrected chi connectivity index (χ0v) is 20.4. The molecule has 1 heterocycles. The van der Waals surface area contributed by atoms with E-state index in [0.29, 0.717) is 17.2 Å². The molecule has 5 rings (SSSR count). The molecule has 0 bridgehead atoms. The first-order valence-corrected chi connectivity index (χ1v) is 11.6. The molecule has 0 radical (unpaired) electrons. The monoisotopic (exact) mass is 474 g/mol. The van der Waals surface area contributed by atoms with Crippen molar-refractivity contribution in [3.05, 3.63) is 109 Å². The molecule has 0 spiro atoms. The number of nitrogens with zero attached hydrogens (tertiary/aromatic N) is 2. The van der Waals surface area contributed by atoms with Crippen molar-refractivity contribution in [2.24, 2.45) is 0 Å². The normalized spacial score (nSPS) is 10.6. The minimum absolute atomic E-state index is 0.269. The standard InChI is InChI=1S/C31H26N2O3/c1-21-9-11-24(12-10-21)27-20-28(25-15-18-29(34-2)30(19-25)35-3)33-31(32-27)36-26-16-13-23(14-17-26)22-7-5-4-6-8-22/h4-20H,1-3H3. The van der Waals surface area contributed by atoms with Crippen LogP contribution in [0.15, 0.2) is 103 Å². The summed E-state index contributed by atoms with van der Waals surface area (Å²) in [4.78, 5) is 9.45. The van der Waals surface area contributed by atoms with E-state index >= 15 is 0 Å². The molecular formula is C31H26N2O3. The van der Waals surface area contributed by atoms with Crippen LogP contribution in [0.25, 0.3) is 33.6 Å². The molecule has 178 valence electrons. The molecule has 5 heteroatoms. The average molecular weight is 475 g/mol. The number of methoxy groups -OCH3 is 2. The van der Waals surface area contributed by atoms with Crippen LogP contribution in [-0.4, -0.2) is 24.2 Å². The van der Waals surface area contributed by atoms with Crippen LogP contribution in [0.5, 0.6) is 23.3 Å². The lowest BCUT2D eigenvalue weighted by atomic mass is 10.1. The highest BCUT2D eigenvalue weighted by Crippen LogP contribution is 2.34. The van der Waals surface area contributed by atoms with Crippen LogP contribution in [-0.2, 0) is 0 Å². The van der Waals surface area contributed by atoms with Gasteiger partial charge >= 0.3 is 6.01 Å². The van der Waals surface area contributed by atoms with Crippen molar-refractivity contribution in [2.45, 2.75) is 6.92 Å². The van der Waals surface area contributed by atoms with Gasteiger partial charge in [-0.05, 0) is 54.4 Å². The fourth-order valence-electron chi connectivity index (χ4n) is 3.94. The van der Waals surface area contributed by atoms with Gasteiger partial charge in [-0.15, -0.1) is 0 Å². The maximum absolute atomic E-state index is 6.14. The molecule has 1 aromatic heterocycles. The maximum atomic E-state index is 6.14. The fourth-order valence-corrected chi connectivity index (χ4v) is 3.94. The van der Waals surface area contributed by atoms with E-state index in [4.69, 9.17) is 24.2 Å². The van der Waals surface area contributed by atoms with Gasteiger partial charge in [-0.2, -0.15) is 9.97 Å². The third-order valence-corrected chi connectivity index (χ3v) is 5.90. The molecule has 0 saturated carbocycles. The predicted molar refractivity (Wildman–Crippen MR) is 143 cm³/mol. The lowest BCUT2D eigenvalue weighted by molar-refractivity contribution is 0.355. The van der Waals surface area contributed by atoms with Gasteiger partial charge in [0, 0.05) is 11.1 Å². The Morgan fingerprint density at radius 3 is 1.78 bits per heavy atom. The summed E-state index contributed by atoms with van der Waals surface area (Å²) >= 11 is 0. The van der Waals surface area contributed by atoms with Gasteiger partial charge < -0.3 is 14.2 Å². The Morgan fingerprint density at radius 1 is 0.528 bits per heavy atom. The van der Waals surface area contributed by atoms with E-state index in [1.807, 2.05) is 66.7 Å². The summed E-state index contributed by atoms with van der Waals surface area (Å²) in [6.07, 6.45) is 0. The number of hydrogen-bond acceptors (Lipinski definition) is 5. The van der Waals surface area contributed by atoms with Crippen LogP contribution in [0.1, 0.15) is 5.56 Å². The van der Waals surface area contributed by atoms with Crippen LogP contribution in [0.4, 0.5) is 0 Å². The molecule has 4 aromatic carbocycles. The number of rotatable bonds is 7. The first-order chi connectivity index (χ1) is 17.6. The molecule has 0 aliphatic heterocycles. The molecule has 5 nitrogen and oxygen atoms in total. The minimum Gasteiger partial charge on any atom is -0.493 e. The zero-order chi connectivity index (χ0) is 24.9. The zero-order valence-electron chi connectivity index (χ0n) is 20.4. The van der Waals surface area contributed by atoms with Crippen molar-refractivity contribution >= 4 is 0 Å². The van der Waals surface area contributed by atoms with E-state index in [2.05, 4.69) is 43.3 Å². The van der Waals surface area contributed by atoms with E-state index in [9.17, 15) is 0 Å². The van der Waals surface area contributed by atoms with Gasteiger partial charge in [0.25, 0.3) is 0 Å². The highest BCUT2D eigenvalue weighted by atomic mass is 16.5. The third-order valence-electron chi connectivity index (χ3n) is 5.90. The van der Waals surface area contributed by atoms with E-state index < -0.39 is 0 Å². The Labute approximate surface area is 211 Å². The Morgan fingerprint density at radius 2 is 1.11 bits per heavy atom. The van der Waals surface area contributed by atoms with Crippen molar-refractivity contribution < 1.29 is 14.2 Å². The second-order valence-electron chi connectivity index (χ2n) is 8.35. The van der Waals surface area contributed by atoms with Crippen molar-refractivity contribution in [1.82, 2.24) is 9.97 Å². The van der Waals surface area contributed by atoms with Crippen molar-refractivity contribution in [2.75, 3.05) is 14.2 Å². The topological polar surface area (TPSA) is 53.5 Å². The summed E-state index contributed by atoms with van der Waals surface area (Å²) in [5.41, 5.74) is 6.79. The molecule has 5 aromatic rings. The van der Waals surface area contributed by atoms with Crippen molar-refractivity contribution in [3.63, 3.8) is 0 Å². The van der Waals surface area contributed by atoms with Gasteiger partial charge in [0.2, 0.25) is 0 Å². The van der Waals surface area contributed by atoms with Gasteiger partial charge in [-0.3, -0.25) is 0 Å². The van der Waals surface area contributed by atoms with Crippen LogP contribution >= 0.6 is 0 Å². The third kappa shape index (κ3) is 5.05. The molecule has 0 atom stereocenters. The van der Waals surface area contributed by atoms with Crippen LogP contribution in [0.3, 0.4) is 0 Å².